The van der Waals surface area contributed by atoms with E-state index in [4.69, 9.17) is 9.15 Å². The molecule has 164 valence electrons. The molecule has 2 aromatic carbocycles. The molecule has 1 N–H and O–H groups in total. The smallest absolute Gasteiger partial charge is 0.234 e. The van der Waals surface area contributed by atoms with Crippen LogP contribution in [0.4, 0.5) is 14.5 Å². The first-order chi connectivity index (χ1) is 15.5. The maximum absolute atomic E-state index is 13.4. The summed E-state index contributed by atoms with van der Waals surface area (Å²) in [5.41, 5.74) is 0.923. The van der Waals surface area contributed by atoms with E-state index in [0.717, 1.165) is 35.3 Å². The number of rotatable bonds is 8. The number of hydrogen-bond donors (Lipinski definition) is 1. The molecule has 0 aliphatic rings. The number of nitrogens with one attached hydrogen (secondary N) is 1. The summed E-state index contributed by atoms with van der Waals surface area (Å²) >= 11 is 1.15. The van der Waals surface area contributed by atoms with Crippen molar-refractivity contribution in [2.24, 2.45) is 0 Å². The Bertz CT molecular complexity index is 1210. The number of carbonyl (C=O) groups excluding carboxylic acids is 1. The Hall–Kier alpha value is -3.66. The average Bonchev–Trinajstić information content (AvgIpc) is 3.45. The zero-order valence-corrected chi connectivity index (χ0v) is 17.7. The van der Waals surface area contributed by atoms with Gasteiger partial charge in [-0.1, -0.05) is 11.8 Å². The minimum Gasteiger partial charge on any atom is -0.494 e. The number of hydrogen-bond acceptors (Lipinski definition) is 6. The molecule has 0 radical (unpaired) electrons. The van der Waals surface area contributed by atoms with Crippen molar-refractivity contribution in [3.8, 4) is 23.0 Å². The maximum Gasteiger partial charge on any atom is 0.234 e. The van der Waals surface area contributed by atoms with Gasteiger partial charge in [0, 0.05) is 11.8 Å². The number of carbonyl (C=O) groups is 1. The molecule has 2 heterocycles. The molecule has 0 saturated heterocycles. The van der Waals surface area contributed by atoms with E-state index in [9.17, 15) is 13.6 Å². The molecule has 32 heavy (non-hydrogen) atoms. The SMILES string of the molecule is CCOc1ccc(-n2c(SCC(=O)Nc3ccc(F)c(F)c3)nnc2-c2ccco2)cc1. The molecule has 10 heteroatoms. The standard InChI is InChI=1S/C22H18F2N4O3S/c1-2-30-16-8-6-15(7-9-16)28-21(19-4-3-11-31-19)26-27-22(28)32-13-20(29)25-14-5-10-17(23)18(24)12-14/h3-12H,2,13H2,1H3,(H,25,29). The number of ether oxygens (including phenoxy) is 1. The lowest BCUT2D eigenvalue weighted by atomic mass is 10.3. The third-order valence-electron chi connectivity index (χ3n) is 4.32. The Morgan fingerprint density at radius 1 is 1.12 bits per heavy atom. The van der Waals surface area contributed by atoms with Crippen molar-refractivity contribution in [1.29, 1.82) is 0 Å². The highest BCUT2D eigenvalue weighted by Gasteiger charge is 2.19. The quantitative estimate of drug-likeness (QED) is 0.379. The van der Waals surface area contributed by atoms with Crippen LogP contribution in [0.1, 0.15) is 6.92 Å². The molecule has 0 saturated carbocycles. The van der Waals surface area contributed by atoms with Crippen LogP contribution in [0.25, 0.3) is 17.3 Å². The third-order valence-corrected chi connectivity index (χ3v) is 5.25. The van der Waals surface area contributed by atoms with E-state index in [1.54, 1.807) is 16.7 Å². The molecule has 0 aliphatic carbocycles. The van der Waals surface area contributed by atoms with Crippen molar-refractivity contribution >= 4 is 23.4 Å². The molecule has 1 amide bonds. The second-order valence-corrected chi connectivity index (χ2v) is 7.45. The van der Waals surface area contributed by atoms with E-state index >= 15 is 0 Å². The molecule has 0 aliphatic heterocycles. The van der Waals surface area contributed by atoms with Crippen molar-refractivity contribution in [3.05, 3.63) is 72.5 Å². The van der Waals surface area contributed by atoms with Crippen molar-refractivity contribution in [3.63, 3.8) is 0 Å². The summed E-state index contributed by atoms with van der Waals surface area (Å²) in [6.45, 7) is 2.46. The molecule has 0 fully saturated rings. The second-order valence-electron chi connectivity index (χ2n) is 6.51. The Morgan fingerprint density at radius 2 is 1.94 bits per heavy atom. The number of benzene rings is 2. The molecule has 7 nitrogen and oxygen atoms in total. The largest absolute Gasteiger partial charge is 0.494 e. The van der Waals surface area contributed by atoms with Gasteiger partial charge in [-0.3, -0.25) is 9.36 Å². The number of nitrogens with zero attached hydrogens (tertiary/aromatic N) is 3. The molecule has 0 atom stereocenters. The summed E-state index contributed by atoms with van der Waals surface area (Å²) in [5.74, 6) is -0.718. The molecule has 4 rings (SSSR count). The minimum absolute atomic E-state index is 0.0215. The topological polar surface area (TPSA) is 82.2 Å². The summed E-state index contributed by atoms with van der Waals surface area (Å²) in [7, 11) is 0. The number of aromatic nitrogens is 3. The van der Waals surface area contributed by atoms with Crippen LogP contribution in [0.2, 0.25) is 0 Å². The highest BCUT2D eigenvalue weighted by Crippen LogP contribution is 2.29. The lowest BCUT2D eigenvalue weighted by molar-refractivity contribution is -0.113. The summed E-state index contributed by atoms with van der Waals surface area (Å²) in [6, 6.07) is 14.0. The number of furan rings is 1. The third kappa shape index (κ3) is 4.80. The van der Waals surface area contributed by atoms with Crippen molar-refractivity contribution < 1.29 is 22.7 Å². The normalized spacial score (nSPS) is 10.8. The van der Waals surface area contributed by atoms with Crippen molar-refractivity contribution in [1.82, 2.24) is 14.8 Å². The molecule has 0 unspecified atom stereocenters. The summed E-state index contributed by atoms with van der Waals surface area (Å²) in [5, 5.41) is 11.4. The predicted molar refractivity (Wildman–Crippen MR) is 116 cm³/mol. The van der Waals surface area contributed by atoms with Gasteiger partial charge in [0.2, 0.25) is 11.7 Å². The first kappa shape index (κ1) is 21.6. The average molecular weight is 456 g/mol. The van der Waals surface area contributed by atoms with Gasteiger partial charge in [0.1, 0.15) is 5.75 Å². The molecule has 0 spiro atoms. The lowest BCUT2D eigenvalue weighted by Gasteiger charge is -2.10. The fourth-order valence-electron chi connectivity index (χ4n) is 2.92. The van der Waals surface area contributed by atoms with Gasteiger partial charge in [0.05, 0.1) is 24.3 Å². The Morgan fingerprint density at radius 3 is 2.62 bits per heavy atom. The van der Waals surface area contributed by atoms with Crippen LogP contribution in [0.3, 0.4) is 0 Å². The summed E-state index contributed by atoms with van der Waals surface area (Å²) < 4.78 is 39.2. The van der Waals surface area contributed by atoms with E-state index < -0.39 is 17.5 Å². The van der Waals surface area contributed by atoms with E-state index in [1.165, 1.54) is 12.3 Å². The predicted octanol–water partition coefficient (Wildman–Crippen LogP) is 4.94. The zero-order chi connectivity index (χ0) is 22.5. The molecular weight excluding hydrogens is 438 g/mol. The van der Waals surface area contributed by atoms with Gasteiger partial charge < -0.3 is 14.5 Å². The van der Waals surface area contributed by atoms with Crippen LogP contribution in [0.5, 0.6) is 5.75 Å². The van der Waals surface area contributed by atoms with Gasteiger partial charge in [-0.25, -0.2) is 8.78 Å². The van der Waals surface area contributed by atoms with Crippen LogP contribution in [-0.4, -0.2) is 33.0 Å². The van der Waals surface area contributed by atoms with E-state index in [0.29, 0.717) is 23.3 Å². The van der Waals surface area contributed by atoms with Crippen LogP contribution < -0.4 is 10.1 Å². The number of anilines is 1. The molecular formula is C22H18F2N4O3S. The summed E-state index contributed by atoms with van der Waals surface area (Å²) in [6.07, 6.45) is 1.54. The van der Waals surface area contributed by atoms with Crippen molar-refractivity contribution in [2.45, 2.75) is 12.1 Å². The second kappa shape index (κ2) is 9.65. The fraction of sp³-hybridized carbons (Fsp3) is 0.136. The Labute approximate surface area is 186 Å². The minimum atomic E-state index is -1.03. The van der Waals surface area contributed by atoms with Crippen LogP contribution >= 0.6 is 11.8 Å². The van der Waals surface area contributed by atoms with Gasteiger partial charge in [0.25, 0.3) is 0 Å². The van der Waals surface area contributed by atoms with Crippen LogP contribution in [0.15, 0.2) is 70.4 Å². The molecule has 2 aromatic heterocycles. The Kier molecular flexibility index (Phi) is 6.50. The first-order valence-corrected chi connectivity index (χ1v) is 10.6. The number of halogens is 2. The van der Waals surface area contributed by atoms with E-state index in [-0.39, 0.29) is 11.4 Å². The van der Waals surface area contributed by atoms with Gasteiger partial charge >= 0.3 is 0 Å². The van der Waals surface area contributed by atoms with Gasteiger partial charge in [-0.2, -0.15) is 0 Å². The fourth-order valence-corrected chi connectivity index (χ4v) is 3.67. The highest BCUT2D eigenvalue weighted by molar-refractivity contribution is 7.99. The van der Waals surface area contributed by atoms with Gasteiger partial charge in [0.15, 0.2) is 22.6 Å². The van der Waals surface area contributed by atoms with Gasteiger partial charge in [-0.05, 0) is 55.5 Å². The molecule has 0 bridgehead atoms. The number of amides is 1. The maximum atomic E-state index is 13.4. The molecule has 4 aromatic rings. The van der Waals surface area contributed by atoms with Crippen LogP contribution in [-0.2, 0) is 4.79 Å². The lowest BCUT2D eigenvalue weighted by Crippen LogP contribution is -2.15. The zero-order valence-electron chi connectivity index (χ0n) is 16.9. The van der Waals surface area contributed by atoms with Crippen molar-refractivity contribution in [2.75, 3.05) is 17.7 Å². The van der Waals surface area contributed by atoms with Gasteiger partial charge in [-0.15, -0.1) is 10.2 Å². The number of thioether (sulfide) groups is 1. The van der Waals surface area contributed by atoms with Crippen LogP contribution in [0, 0.1) is 11.6 Å². The monoisotopic (exact) mass is 456 g/mol. The van der Waals surface area contributed by atoms with E-state index in [2.05, 4.69) is 15.5 Å². The first-order valence-electron chi connectivity index (χ1n) is 9.65. The summed E-state index contributed by atoms with van der Waals surface area (Å²) in [4.78, 5) is 12.3. The Balaban J connectivity index is 1.55. The van der Waals surface area contributed by atoms with E-state index in [1.807, 2.05) is 31.2 Å². The highest BCUT2D eigenvalue weighted by atomic mass is 32.2.